The second-order valence-electron chi connectivity index (χ2n) is 8.25. The smallest absolute Gasteiger partial charge is 0.339 e. The number of carboxylic acids is 1. The van der Waals surface area contributed by atoms with Gasteiger partial charge in [0.15, 0.2) is 0 Å². The molecule has 1 unspecified atom stereocenters. The third kappa shape index (κ3) is 3.67. The van der Waals surface area contributed by atoms with E-state index in [4.69, 9.17) is 4.74 Å². The number of carboxylic acid groups (broad SMARTS) is 1. The fourth-order valence-electron chi connectivity index (χ4n) is 4.62. The maximum absolute atomic E-state index is 12.8. The topological polar surface area (TPSA) is 78.9 Å². The highest BCUT2D eigenvalue weighted by Gasteiger charge is 2.31. The predicted molar refractivity (Wildman–Crippen MR) is 125 cm³/mol. The molecule has 1 amide bonds. The summed E-state index contributed by atoms with van der Waals surface area (Å²) in [6.07, 6.45) is 2.07. The minimum Gasteiger partial charge on any atom is -0.478 e. The van der Waals surface area contributed by atoms with E-state index in [9.17, 15) is 14.7 Å². The molecule has 0 radical (unpaired) electrons. The Bertz CT molecular complexity index is 1160. The lowest BCUT2D eigenvalue weighted by Crippen LogP contribution is -2.51. The minimum absolute atomic E-state index is 0.0472. The lowest BCUT2D eigenvalue weighted by atomic mass is 9.92. The third-order valence-electron chi connectivity index (χ3n) is 6.44. The van der Waals surface area contributed by atoms with E-state index < -0.39 is 5.97 Å². The largest absolute Gasteiger partial charge is 0.478 e. The van der Waals surface area contributed by atoms with Crippen LogP contribution in [0.5, 0.6) is 0 Å². The van der Waals surface area contributed by atoms with Crippen LogP contribution in [0.3, 0.4) is 0 Å². The van der Waals surface area contributed by atoms with Gasteiger partial charge in [0.2, 0.25) is 0 Å². The Labute approximate surface area is 190 Å². The van der Waals surface area contributed by atoms with Gasteiger partial charge in [0.05, 0.1) is 11.7 Å². The summed E-state index contributed by atoms with van der Waals surface area (Å²) in [7, 11) is 1.71. The molecule has 0 spiro atoms. The Balaban J connectivity index is 1.35. The van der Waals surface area contributed by atoms with Gasteiger partial charge in [-0.3, -0.25) is 4.79 Å². The van der Waals surface area contributed by atoms with Crippen LogP contribution in [0.15, 0.2) is 53.9 Å². The normalized spacial score (nSPS) is 17.7. The number of thiophene rings is 1. The molecule has 2 aromatic carbocycles. The molecule has 7 heteroatoms. The maximum Gasteiger partial charge on any atom is 0.339 e. The number of rotatable bonds is 6. The number of aromatic carboxylic acids is 1. The zero-order valence-electron chi connectivity index (χ0n) is 17.7. The Hall–Kier alpha value is -3.16. The Morgan fingerprint density at radius 2 is 1.84 bits per heavy atom. The molecule has 1 fully saturated rings. The molecule has 3 aromatic rings. The van der Waals surface area contributed by atoms with E-state index in [0.717, 1.165) is 37.2 Å². The molecule has 5 rings (SSSR count). The average molecular weight is 449 g/mol. The monoisotopic (exact) mass is 448 g/mol. The van der Waals surface area contributed by atoms with Crippen LogP contribution in [0, 0.1) is 0 Å². The highest BCUT2D eigenvalue weighted by Crippen LogP contribution is 2.43. The van der Waals surface area contributed by atoms with Crippen LogP contribution in [-0.4, -0.2) is 43.3 Å². The fraction of sp³-hybridized carbons (Fsp3) is 0.280. The third-order valence-corrected chi connectivity index (χ3v) is 7.36. The molecule has 2 aliphatic rings. The van der Waals surface area contributed by atoms with Crippen molar-refractivity contribution in [2.24, 2.45) is 0 Å². The second-order valence-corrected chi connectivity index (χ2v) is 9.13. The number of methoxy groups -OCH3 is 1. The van der Waals surface area contributed by atoms with E-state index in [1.54, 1.807) is 19.2 Å². The van der Waals surface area contributed by atoms with Gasteiger partial charge in [0, 0.05) is 37.4 Å². The zero-order chi connectivity index (χ0) is 22.2. The van der Waals surface area contributed by atoms with Gasteiger partial charge >= 0.3 is 5.97 Å². The summed E-state index contributed by atoms with van der Waals surface area (Å²) in [5.74, 6) is -1.27. The second kappa shape index (κ2) is 8.41. The van der Waals surface area contributed by atoms with Crippen LogP contribution in [0.4, 0.5) is 10.7 Å². The molecule has 164 valence electrons. The molecule has 0 saturated carbocycles. The standard InChI is InChI=1S/C25H24N2O4S/c1-31-18-12-27(13-18)17-9-6-16(7-10-17)23(28)26-24-22(25(29)30)21(14-32-24)20-11-8-15-4-2-3-5-19(15)20/h2-7,9-10,14,18,20H,8,11-13H2,1H3,(H,26,28)(H,29,30). The van der Waals surface area contributed by atoms with E-state index in [0.29, 0.717) is 10.6 Å². The molecule has 2 heterocycles. The number of hydrogen-bond acceptors (Lipinski definition) is 5. The SMILES string of the molecule is COC1CN(c2ccc(C(=O)Nc3scc(C4CCc5ccccc54)c3C(=O)O)cc2)C1. The number of ether oxygens (including phenoxy) is 1. The van der Waals surface area contributed by atoms with Crippen molar-refractivity contribution in [2.75, 3.05) is 30.4 Å². The summed E-state index contributed by atoms with van der Waals surface area (Å²) in [5.41, 5.74) is 4.97. The number of amides is 1. The highest BCUT2D eigenvalue weighted by molar-refractivity contribution is 7.15. The first-order chi connectivity index (χ1) is 15.5. The summed E-state index contributed by atoms with van der Waals surface area (Å²) < 4.78 is 5.30. The van der Waals surface area contributed by atoms with Crippen LogP contribution in [0.2, 0.25) is 0 Å². The maximum atomic E-state index is 12.8. The van der Waals surface area contributed by atoms with E-state index >= 15 is 0 Å². The molecule has 32 heavy (non-hydrogen) atoms. The molecule has 2 N–H and O–H groups in total. The van der Waals surface area contributed by atoms with Crippen LogP contribution in [0.25, 0.3) is 0 Å². The molecular weight excluding hydrogens is 424 g/mol. The van der Waals surface area contributed by atoms with Crippen LogP contribution in [0.1, 0.15) is 49.7 Å². The van der Waals surface area contributed by atoms with Crippen LogP contribution >= 0.6 is 11.3 Å². The zero-order valence-corrected chi connectivity index (χ0v) is 18.5. The average Bonchev–Trinajstić information content (AvgIpc) is 3.37. The summed E-state index contributed by atoms with van der Waals surface area (Å²) in [4.78, 5) is 27.2. The van der Waals surface area contributed by atoms with Crippen molar-refractivity contribution in [1.29, 1.82) is 0 Å². The first-order valence-electron chi connectivity index (χ1n) is 10.7. The number of nitrogens with zero attached hydrogens (tertiary/aromatic N) is 1. The van der Waals surface area contributed by atoms with Gasteiger partial charge < -0.3 is 20.1 Å². The van der Waals surface area contributed by atoms with E-state index in [1.807, 2.05) is 29.6 Å². The Morgan fingerprint density at radius 3 is 2.56 bits per heavy atom. The van der Waals surface area contributed by atoms with Gasteiger partial charge in [-0.15, -0.1) is 11.3 Å². The lowest BCUT2D eigenvalue weighted by molar-refractivity contribution is 0.0697. The summed E-state index contributed by atoms with van der Waals surface area (Å²) >= 11 is 1.28. The number of benzene rings is 2. The quantitative estimate of drug-likeness (QED) is 0.576. The van der Waals surface area contributed by atoms with Crippen molar-refractivity contribution in [1.82, 2.24) is 0 Å². The number of fused-ring (bicyclic) bond motifs is 1. The van der Waals surface area contributed by atoms with Crippen molar-refractivity contribution in [3.63, 3.8) is 0 Å². The number of carbonyl (C=O) groups excluding carboxylic acids is 1. The number of nitrogens with one attached hydrogen (secondary N) is 1. The van der Waals surface area contributed by atoms with E-state index in [-0.39, 0.29) is 23.5 Å². The number of anilines is 2. The van der Waals surface area contributed by atoms with Gasteiger partial charge in [-0.2, -0.15) is 0 Å². The Kier molecular flexibility index (Phi) is 5.45. The lowest BCUT2D eigenvalue weighted by Gasteiger charge is -2.40. The minimum atomic E-state index is -1.01. The highest BCUT2D eigenvalue weighted by atomic mass is 32.1. The van der Waals surface area contributed by atoms with Crippen molar-refractivity contribution in [3.05, 3.63) is 81.7 Å². The van der Waals surface area contributed by atoms with Crippen LogP contribution in [-0.2, 0) is 11.2 Å². The number of carbonyl (C=O) groups is 2. The molecule has 1 aromatic heterocycles. The predicted octanol–water partition coefficient (Wildman–Crippen LogP) is 4.61. The van der Waals surface area contributed by atoms with Crippen molar-refractivity contribution < 1.29 is 19.4 Å². The number of hydrogen-bond donors (Lipinski definition) is 2. The van der Waals surface area contributed by atoms with E-state index in [1.165, 1.54) is 22.5 Å². The first kappa shape index (κ1) is 20.7. The van der Waals surface area contributed by atoms with Crippen molar-refractivity contribution in [3.8, 4) is 0 Å². The van der Waals surface area contributed by atoms with Gasteiger partial charge in [-0.25, -0.2) is 4.79 Å². The van der Waals surface area contributed by atoms with Crippen molar-refractivity contribution >= 4 is 33.9 Å². The van der Waals surface area contributed by atoms with Gasteiger partial charge in [0.1, 0.15) is 5.00 Å². The molecule has 6 nitrogen and oxygen atoms in total. The molecule has 1 saturated heterocycles. The van der Waals surface area contributed by atoms with Crippen molar-refractivity contribution in [2.45, 2.75) is 24.9 Å². The molecule has 1 aliphatic heterocycles. The van der Waals surface area contributed by atoms with E-state index in [2.05, 4.69) is 22.3 Å². The van der Waals surface area contributed by atoms with Crippen LogP contribution < -0.4 is 10.2 Å². The fourth-order valence-corrected chi connectivity index (χ4v) is 5.62. The first-order valence-corrected chi connectivity index (χ1v) is 11.5. The molecule has 1 aliphatic carbocycles. The summed E-state index contributed by atoms with van der Waals surface area (Å²) in [6, 6.07) is 15.5. The molecule has 0 bridgehead atoms. The Morgan fingerprint density at radius 1 is 1.09 bits per heavy atom. The van der Waals surface area contributed by atoms with Gasteiger partial charge in [0.25, 0.3) is 5.91 Å². The molecular formula is C25H24N2O4S. The summed E-state index contributed by atoms with van der Waals surface area (Å²) in [5, 5.41) is 15.0. The van der Waals surface area contributed by atoms with Gasteiger partial charge in [-0.1, -0.05) is 24.3 Å². The number of aryl methyl sites for hydroxylation is 1. The summed E-state index contributed by atoms with van der Waals surface area (Å²) in [6.45, 7) is 1.68. The molecule has 1 atom stereocenters. The van der Waals surface area contributed by atoms with Gasteiger partial charge in [-0.05, 0) is 59.2 Å².